The van der Waals surface area contributed by atoms with Crippen LogP contribution < -0.4 is 5.56 Å². The van der Waals surface area contributed by atoms with Gasteiger partial charge in [-0.05, 0) is 36.1 Å². The second-order valence-corrected chi connectivity index (χ2v) is 4.83. The first-order valence-electron chi connectivity index (χ1n) is 5.28. The Balaban J connectivity index is 2.29. The van der Waals surface area contributed by atoms with Gasteiger partial charge < -0.3 is 4.98 Å². The van der Waals surface area contributed by atoms with Crippen molar-refractivity contribution in [3.63, 3.8) is 0 Å². The molecule has 3 rings (SSSR count). The molecule has 4 heteroatoms. The summed E-state index contributed by atoms with van der Waals surface area (Å²) in [6.07, 6.45) is 0. The maximum Gasteiger partial charge on any atom is 0.259 e. The molecular formula is C13H10N2OS. The number of aromatic nitrogens is 2. The first-order chi connectivity index (χ1) is 8.24. The molecule has 1 aromatic carbocycles. The number of H-pyrrole nitrogens is 1. The summed E-state index contributed by atoms with van der Waals surface area (Å²) >= 11 is 1.59. The van der Waals surface area contributed by atoms with Crippen LogP contribution >= 0.6 is 11.3 Å². The molecule has 0 aliphatic carbocycles. The highest BCUT2D eigenvalue weighted by atomic mass is 32.1. The molecule has 1 N–H and O–H groups in total. The first-order valence-corrected chi connectivity index (χ1v) is 6.16. The van der Waals surface area contributed by atoms with Crippen LogP contribution in [0.5, 0.6) is 0 Å². The van der Waals surface area contributed by atoms with Gasteiger partial charge in [0.1, 0.15) is 0 Å². The molecule has 0 unspecified atom stereocenters. The van der Waals surface area contributed by atoms with Gasteiger partial charge in [0, 0.05) is 0 Å². The molecule has 2 heterocycles. The Kier molecular flexibility index (Phi) is 2.30. The quantitative estimate of drug-likeness (QED) is 0.713. The highest BCUT2D eigenvalue weighted by Crippen LogP contribution is 2.23. The van der Waals surface area contributed by atoms with E-state index in [1.54, 1.807) is 17.4 Å². The standard InChI is InChI=1S/C13H10N2OS/c1-8-6-11(17-7-8)12-14-10-5-3-2-4-9(10)13(16)15-12/h2-7H,1H3,(H,14,15,16). The van der Waals surface area contributed by atoms with E-state index >= 15 is 0 Å². The summed E-state index contributed by atoms with van der Waals surface area (Å²) in [6, 6.07) is 9.39. The van der Waals surface area contributed by atoms with Crippen molar-refractivity contribution < 1.29 is 0 Å². The van der Waals surface area contributed by atoms with Crippen LogP contribution in [0.15, 0.2) is 40.5 Å². The van der Waals surface area contributed by atoms with Crippen molar-refractivity contribution in [1.29, 1.82) is 0 Å². The summed E-state index contributed by atoms with van der Waals surface area (Å²) in [7, 11) is 0. The van der Waals surface area contributed by atoms with E-state index in [2.05, 4.69) is 9.97 Å². The number of hydrogen-bond acceptors (Lipinski definition) is 3. The maximum absolute atomic E-state index is 11.9. The number of rotatable bonds is 1. The number of thiophene rings is 1. The predicted octanol–water partition coefficient (Wildman–Crippen LogP) is 2.96. The molecule has 3 nitrogen and oxygen atoms in total. The van der Waals surface area contributed by atoms with Gasteiger partial charge in [0.2, 0.25) is 0 Å². The summed E-state index contributed by atoms with van der Waals surface area (Å²) in [6.45, 7) is 2.03. The van der Waals surface area contributed by atoms with Crippen molar-refractivity contribution in [2.45, 2.75) is 6.92 Å². The fourth-order valence-electron chi connectivity index (χ4n) is 1.76. The van der Waals surface area contributed by atoms with Crippen LogP contribution in [0.2, 0.25) is 0 Å². The molecule has 0 amide bonds. The average Bonchev–Trinajstić information content (AvgIpc) is 2.76. The van der Waals surface area contributed by atoms with Crippen LogP contribution in [0.3, 0.4) is 0 Å². The van der Waals surface area contributed by atoms with Crippen LogP contribution in [-0.4, -0.2) is 9.97 Å². The number of nitrogens with zero attached hydrogens (tertiary/aromatic N) is 1. The number of para-hydroxylation sites is 1. The second-order valence-electron chi connectivity index (χ2n) is 3.92. The molecule has 0 saturated carbocycles. The molecule has 0 spiro atoms. The van der Waals surface area contributed by atoms with E-state index in [0.29, 0.717) is 11.2 Å². The summed E-state index contributed by atoms with van der Waals surface area (Å²) in [5.74, 6) is 0.645. The number of nitrogens with one attached hydrogen (secondary N) is 1. The lowest BCUT2D eigenvalue weighted by atomic mass is 10.2. The molecule has 0 aliphatic rings. The van der Waals surface area contributed by atoms with Crippen LogP contribution in [0, 0.1) is 6.92 Å². The Labute approximate surface area is 102 Å². The number of hydrogen-bond donors (Lipinski definition) is 1. The van der Waals surface area contributed by atoms with E-state index in [-0.39, 0.29) is 5.56 Å². The Bertz CT molecular complexity index is 742. The lowest BCUT2D eigenvalue weighted by Gasteiger charge is -1.99. The van der Waals surface area contributed by atoms with Gasteiger partial charge in [-0.3, -0.25) is 4.79 Å². The van der Waals surface area contributed by atoms with Crippen LogP contribution in [0.4, 0.5) is 0 Å². The van der Waals surface area contributed by atoms with Gasteiger partial charge in [-0.2, -0.15) is 0 Å². The summed E-state index contributed by atoms with van der Waals surface area (Å²) in [5, 5.41) is 2.68. The molecular weight excluding hydrogens is 232 g/mol. The van der Waals surface area contributed by atoms with Gasteiger partial charge >= 0.3 is 0 Å². The summed E-state index contributed by atoms with van der Waals surface area (Å²) < 4.78 is 0. The van der Waals surface area contributed by atoms with Crippen molar-refractivity contribution >= 4 is 22.2 Å². The zero-order valence-electron chi connectivity index (χ0n) is 9.23. The summed E-state index contributed by atoms with van der Waals surface area (Å²) in [4.78, 5) is 20.2. The summed E-state index contributed by atoms with van der Waals surface area (Å²) in [5.41, 5.74) is 1.83. The normalized spacial score (nSPS) is 10.9. The van der Waals surface area contributed by atoms with E-state index in [1.165, 1.54) is 5.56 Å². The van der Waals surface area contributed by atoms with E-state index < -0.39 is 0 Å². The largest absolute Gasteiger partial charge is 0.305 e. The Morgan fingerprint density at radius 2 is 2.12 bits per heavy atom. The lowest BCUT2D eigenvalue weighted by molar-refractivity contribution is 1.19. The average molecular weight is 242 g/mol. The Hall–Kier alpha value is -1.94. The van der Waals surface area contributed by atoms with Gasteiger partial charge in [-0.1, -0.05) is 12.1 Å². The second kappa shape index (κ2) is 3.82. The zero-order valence-corrected chi connectivity index (χ0v) is 10.0. The molecule has 0 atom stereocenters. The molecule has 0 aliphatic heterocycles. The predicted molar refractivity (Wildman–Crippen MR) is 70.4 cm³/mol. The third kappa shape index (κ3) is 1.76. The highest BCUT2D eigenvalue weighted by molar-refractivity contribution is 7.13. The molecule has 2 aromatic heterocycles. The van der Waals surface area contributed by atoms with E-state index in [9.17, 15) is 4.79 Å². The van der Waals surface area contributed by atoms with Gasteiger partial charge in [0.15, 0.2) is 5.82 Å². The third-order valence-corrected chi connectivity index (χ3v) is 3.63. The Morgan fingerprint density at radius 3 is 2.88 bits per heavy atom. The molecule has 0 bridgehead atoms. The van der Waals surface area contributed by atoms with Crippen LogP contribution in [0.1, 0.15) is 5.56 Å². The van der Waals surface area contributed by atoms with E-state index in [1.807, 2.05) is 36.6 Å². The van der Waals surface area contributed by atoms with Crippen molar-refractivity contribution in [2.24, 2.45) is 0 Å². The molecule has 0 radical (unpaired) electrons. The fraction of sp³-hybridized carbons (Fsp3) is 0.0769. The fourth-order valence-corrected chi connectivity index (χ4v) is 2.60. The molecule has 0 fully saturated rings. The number of fused-ring (bicyclic) bond motifs is 1. The van der Waals surface area contributed by atoms with Crippen molar-refractivity contribution in [3.05, 3.63) is 51.6 Å². The van der Waals surface area contributed by atoms with Gasteiger partial charge in [-0.25, -0.2) is 4.98 Å². The van der Waals surface area contributed by atoms with Crippen molar-refractivity contribution in [3.8, 4) is 10.7 Å². The van der Waals surface area contributed by atoms with E-state index in [4.69, 9.17) is 0 Å². The minimum atomic E-state index is -0.0864. The maximum atomic E-state index is 11.9. The molecule has 84 valence electrons. The van der Waals surface area contributed by atoms with E-state index in [0.717, 1.165) is 10.4 Å². The highest BCUT2D eigenvalue weighted by Gasteiger charge is 2.06. The van der Waals surface area contributed by atoms with Gasteiger partial charge in [0.05, 0.1) is 15.8 Å². The number of aryl methyl sites for hydroxylation is 1. The SMILES string of the molecule is Cc1csc(-c2nc3ccccc3c(=O)[nH]2)c1. The molecule has 0 saturated heterocycles. The molecule has 3 aromatic rings. The smallest absolute Gasteiger partial charge is 0.259 e. The minimum Gasteiger partial charge on any atom is -0.305 e. The van der Waals surface area contributed by atoms with Crippen molar-refractivity contribution in [2.75, 3.05) is 0 Å². The monoisotopic (exact) mass is 242 g/mol. The van der Waals surface area contributed by atoms with Crippen LogP contribution in [0.25, 0.3) is 21.6 Å². The zero-order chi connectivity index (χ0) is 11.8. The number of aromatic amines is 1. The van der Waals surface area contributed by atoms with Crippen molar-refractivity contribution in [1.82, 2.24) is 9.97 Å². The molecule has 17 heavy (non-hydrogen) atoms. The van der Waals surface area contributed by atoms with Gasteiger partial charge in [0.25, 0.3) is 5.56 Å². The minimum absolute atomic E-state index is 0.0864. The Morgan fingerprint density at radius 1 is 1.29 bits per heavy atom. The first kappa shape index (κ1) is 10.2. The van der Waals surface area contributed by atoms with Crippen LogP contribution in [-0.2, 0) is 0 Å². The van der Waals surface area contributed by atoms with Gasteiger partial charge in [-0.15, -0.1) is 11.3 Å². The number of benzene rings is 1. The topological polar surface area (TPSA) is 45.8 Å². The lowest BCUT2D eigenvalue weighted by Crippen LogP contribution is -2.08. The third-order valence-electron chi connectivity index (χ3n) is 2.58.